The number of anilines is 1. The highest BCUT2D eigenvalue weighted by molar-refractivity contribution is 7.92. The van der Waals surface area contributed by atoms with Gasteiger partial charge in [-0.1, -0.05) is 13.8 Å². The van der Waals surface area contributed by atoms with Crippen LogP contribution in [0, 0.1) is 5.92 Å². The van der Waals surface area contributed by atoms with Crippen molar-refractivity contribution in [1.29, 1.82) is 0 Å². The maximum Gasteiger partial charge on any atom is 0.261 e. The Hall–Kier alpha value is -3.07. The number of carbonyl (C=O) groups is 2. The maximum atomic E-state index is 12.5. The van der Waals surface area contributed by atoms with Crippen molar-refractivity contribution in [2.45, 2.75) is 25.7 Å². The van der Waals surface area contributed by atoms with Gasteiger partial charge in [0.1, 0.15) is 5.75 Å². The number of ether oxygens (including phenoxy) is 1. The Morgan fingerprint density at radius 2 is 1.53 bits per heavy atom. The lowest BCUT2D eigenvalue weighted by atomic mass is 10.2. The van der Waals surface area contributed by atoms with E-state index in [-0.39, 0.29) is 22.6 Å². The zero-order chi connectivity index (χ0) is 22.1. The van der Waals surface area contributed by atoms with Gasteiger partial charge in [0.2, 0.25) is 5.91 Å². The van der Waals surface area contributed by atoms with Gasteiger partial charge in [-0.3, -0.25) is 14.3 Å². The number of carbonyl (C=O) groups excluding carboxylic acids is 2. The number of sulfonamides is 1. The van der Waals surface area contributed by atoms with Crippen molar-refractivity contribution < 1.29 is 22.7 Å². The topological polar surface area (TPSA) is 114 Å². The van der Waals surface area contributed by atoms with E-state index < -0.39 is 10.0 Å². The third-order valence-corrected chi connectivity index (χ3v) is 5.48. The second kappa shape index (κ2) is 10.6. The number of hydrogen-bond donors (Lipinski definition) is 3. The van der Waals surface area contributed by atoms with Gasteiger partial charge in [0.25, 0.3) is 15.9 Å². The molecule has 0 heterocycles. The largest absolute Gasteiger partial charge is 0.494 e. The molecule has 2 amide bonds. The van der Waals surface area contributed by atoms with E-state index in [9.17, 15) is 18.0 Å². The first kappa shape index (κ1) is 23.2. The van der Waals surface area contributed by atoms with Crippen LogP contribution in [0.1, 0.15) is 31.1 Å². The molecule has 0 aliphatic rings. The molecule has 0 unspecified atom stereocenters. The first-order chi connectivity index (χ1) is 14.2. The van der Waals surface area contributed by atoms with E-state index in [2.05, 4.69) is 15.4 Å². The Morgan fingerprint density at radius 1 is 0.933 bits per heavy atom. The minimum absolute atomic E-state index is 0.0755. The van der Waals surface area contributed by atoms with E-state index >= 15 is 0 Å². The van der Waals surface area contributed by atoms with Gasteiger partial charge in [0, 0.05) is 30.3 Å². The average Bonchev–Trinajstić information content (AvgIpc) is 2.71. The van der Waals surface area contributed by atoms with Crippen LogP contribution in [0.4, 0.5) is 5.69 Å². The molecule has 162 valence electrons. The van der Waals surface area contributed by atoms with Crippen LogP contribution in [0.5, 0.6) is 5.75 Å². The molecule has 0 radical (unpaired) electrons. The molecule has 0 atom stereocenters. The molecule has 8 nitrogen and oxygen atoms in total. The molecule has 2 aromatic rings. The zero-order valence-corrected chi connectivity index (χ0v) is 18.1. The molecule has 0 aliphatic carbocycles. The summed E-state index contributed by atoms with van der Waals surface area (Å²) >= 11 is 0. The molecule has 0 aromatic heterocycles. The van der Waals surface area contributed by atoms with Gasteiger partial charge in [-0.2, -0.15) is 0 Å². The van der Waals surface area contributed by atoms with E-state index in [0.717, 1.165) is 0 Å². The van der Waals surface area contributed by atoms with Crippen molar-refractivity contribution >= 4 is 27.5 Å². The van der Waals surface area contributed by atoms with Crippen LogP contribution in [0.25, 0.3) is 0 Å². The monoisotopic (exact) mass is 433 g/mol. The minimum Gasteiger partial charge on any atom is -0.494 e. The third kappa shape index (κ3) is 6.77. The Balaban J connectivity index is 1.91. The normalized spacial score (nSPS) is 11.1. The van der Waals surface area contributed by atoms with Crippen molar-refractivity contribution in [3.63, 3.8) is 0 Å². The summed E-state index contributed by atoms with van der Waals surface area (Å²) in [6.07, 6.45) is 0. The number of benzene rings is 2. The molecule has 9 heteroatoms. The van der Waals surface area contributed by atoms with Crippen molar-refractivity contribution in [3.05, 3.63) is 54.1 Å². The number of hydrogen-bond acceptors (Lipinski definition) is 5. The lowest BCUT2D eigenvalue weighted by Gasteiger charge is -2.11. The molecular weight excluding hydrogens is 406 g/mol. The first-order valence-corrected chi connectivity index (χ1v) is 11.1. The van der Waals surface area contributed by atoms with Crippen LogP contribution in [-0.2, 0) is 14.8 Å². The highest BCUT2D eigenvalue weighted by Gasteiger charge is 2.15. The third-order valence-electron chi connectivity index (χ3n) is 4.08. The maximum absolute atomic E-state index is 12.5. The summed E-state index contributed by atoms with van der Waals surface area (Å²) in [6.45, 7) is 6.56. The van der Waals surface area contributed by atoms with Crippen LogP contribution in [0.2, 0.25) is 0 Å². The van der Waals surface area contributed by atoms with Gasteiger partial charge < -0.3 is 15.4 Å². The summed E-state index contributed by atoms with van der Waals surface area (Å²) in [4.78, 5) is 23.7. The van der Waals surface area contributed by atoms with Crippen LogP contribution in [0.3, 0.4) is 0 Å². The van der Waals surface area contributed by atoms with E-state index in [1.165, 1.54) is 36.4 Å². The lowest BCUT2D eigenvalue weighted by molar-refractivity contribution is -0.123. The van der Waals surface area contributed by atoms with E-state index in [1.54, 1.807) is 26.0 Å². The summed E-state index contributed by atoms with van der Waals surface area (Å²) in [7, 11) is -3.76. The summed E-state index contributed by atoms with van der Waals surface area (Å²) in [6, 6.07) is 12.2. The second-order valence-corrected chi connectivity index (χ2v) is 8.47. The minimum atomic E-state index is -3.76. The van der Waals surface area contributed by atoms with Crippen LogP contribution in [0.15, 0.2) is 53.4 Å². The lowest BCUT2D eigenvalue weighted by Crippen LogP contribution is -2.36. The second-order valence-electron chi connectivity index (χ2n) is 6.79. The molecule has 0 spiro atoms. The zero-order valence-electron chi connectivity index (χ0n) is 17.3. The smallest absolute Gasteiger partial charge is 0.261 e. The highest BCUT2D eigenvalue weighted by atomic mass is 32.2. The molecule has 0 fully saturated rings. The summed E-state index contributed by atoms with van der Waals surface area (Å²) in [5.41, 5.74) is 0.721. The molecular formula is C21H27N3O5S. The van der Waals surface area contributed by atoms with Gasteiger partial charge >= 0.3 is 0 Å². The summed E-state index contributed by atoms with van der Waals surface area (Å²) < 4.78 is 32.8. The van der Waals surface area contributed by atoms with Gasteiger partial charge in [-0.05, 0) is 55.5 Å². The Bertz CT molecular complexity index is 955. The Kier molecular flexibility index (Phi) is 8.23. The Morgan fingerprint density at radius 3 is 2.10 bits per heavy atom. The molecule has 3 N–H and O–H groups in total. The molecule has 0 saturated heterocycles. The van der Waals surface area contributed by atoms with Crippen LogP contribution in [-0.4, -0.2) is 39.9 Å². The molecule has 30 heavy (non-hydrogen) atoms. The fourth-order valence-electron chi connectivity index (χ4n) is 2.45. The number of rotatable bonds is 10. The van der Waals surface area contributed by atoms with Crippen molar-refractivity contribution in [3.8, 4) is 5.75 Å². The molecule has 0 bridgehead atoms. The molecule has 2 rings (SSSR count). The summed E-state index contributed by atoms with van der Waals surface area (Å²) in [5, 5.41) is 5.41. The highest BCUT2D eigenvalue weighted by Crippen LogP contribution is 2.19. The molecule has 0 saturated carbocycles. The number of amides is 2. The van der Waals surface area contributed by atoms with Crippen molar-refractivity contribution in [2.24, 2.45) is 5.92 Å². The Labute approximate surface area is 177 Å². The average molecular weight is 434 g/mol. The predicted molar refractivity (Wildman–Crippen MR) is 115 cm³/mol. The fraction of sp³-hybridized carbons (Fsp3) is 0.333. The van der Waals surface area contributed by atoms with Gasteiger partial charge in [-0.15, -0.1) is 0 Å². The first-order valence-electron chi connectivity index (χ1n) is 9.64. The van der Waals surface area contributed by atoms with Crippen molar-refractivity contribution in [2.75, 3.05) is 24.4 Å². The fourth-order valence-corrected chi connectivity index (χ4v) is 3.51. The van der Waals surface area contributed by atoms with E-state index in [4.69, 9.17) is 4.74 Å². The predicted octanol–water partition coefficient (Wildman–Crippen LogP) is 2.39. The molecule has 0 aliphatic heterocycles. The summed E-state index contributed by atoms with van der Waals surface area (Å²) in [5.74, 6) is 0.0957. The van der Waals surface area contributed by atoms with Crippen molar-refractivity contribution in [1.82, 2.24) is 10.6 Å². The van der Waals surface area contributed by atoms with Gasteiger partial charge in [0.05, 0.1) is 11.5 Å². The SMILES string of the molecule is CCOc1ccc(S(=O)(=O)Nc2ccc(C(=O)NCCNC(=O)C(C)C)cc2)cc1. The number of nitrogens with one attached hydrogen (secondary N) is 3. The van der Waals surface area contributed by atoms with E-state index in [1.807, 2.05) is 6.92 Å². The van der Waals surface area contributed by atoms with E-state index in [0.29, 0.717) is 36.7 Å². The molecule has 2 aromatic carbocycles. The quantitative estimate of drug-likeness (QED) is 0.498. The van der Waals surface area contributed by atoms with Crippen LogP contribution < -0.4 is 20.1 Å². The van der Waals surface area contributed by atoms with Gasteiger partial charge in [-0.25, -0.2) is 8.42 Å². The van der Waals surface area contributed by atoms with Gasteiger partial charge in [0.15, 0.2) is 0 Å². The standard InChI is InChI=1S/C21H27N3O5S/c1-4-29-18-9-11-19(12-10-18)30(27,28)24-17-7-5-16(6-8-17)21(26)23-14-13-22-20(25)15(2)3/h5-12,15,24H,4,13-14H2,1-3H3,(H,22,25)(H,23,26). The van der Waals surface area contributed by atoms with Crippen LogP contribution >= 0.6 is 0 Å².